The van der Waals surface area contributed by atoms with Crippen LogP contribution in [0.25, 0.3) is 0 Å². The van der Waals surface area contributed by atoms with Crippen LogP contribution in [0.1, 0.15) is 39.9 Å². The molecule has 1 amide bonds. The average Bonchev–Trinajstić information content (AvgIpc) is 2.66. The fourth-order valence-corrected chi connectivity index (χ4v) is 2.60. The van der Waals surface area contributed by atoms with Gasteiger partial charge in [-0.2, -0.15) is 0 Å². The predicted octanol–water partition coefficient (Wildman–Crippen LogP) is 1.32. The average molecular weight is 299 g/mol. The van der Waals surface area contributed by atoms with Crippen LogP contribution < -0.4 is 10.6 Å². The van der Waals surface area contributed by atoms with Crippen molar-refractivity contribution in [2.45, 2.75) is 56.6 Å². The molecule has 0 saturated carbocycles. The molecule has 7 heteroatoms. The van der Waals surface area contributed by atoms with Crippen molar-refractivity contribution in [1.29, 1.82) is 0 Å². The molecule has 1 atom stereocenters. The van der Waals surface area contributed by atoms with Gasteiger partial charge in [-0.3, -0.25) is 4.79 Å². The Kier molecular flexibility index (Phi) is 6.01. The molecule has 0 fully saturated rings. The molecular weight excluding hydrogens is 274 g/mol. The van der Waals surface area contributed by atoms with Crippen LogP contribution >= 0.6 is 11.8 Å². The molecule has 0 unspecified atom stereocenters. The lowest BCUT2D eigenvalue weighted by atomic mass is 10.1. The van der Waals surface area contributed by atoms with Crippen LogP contribution in [0.2, 0.25) is 0 Å². The molecule has 114 valence electrons. The number of carbonyl (C=O) groups excluding carboxylic acids is 1. The van der Waals surface area contributed by atoms with E-state index in [1.807, 2.05) is 46.4 Å². The Bertz CT molecular complexity index is 452. The fourth-order valence-electron chi connectivity index (χ4n) is 1.66. The summed E-state index contributed by atoms with van der Waals surface area (Å²) in [5.41, 5.74) is -0.220. The van der Waals surface area contributed by atoms with E-state index in [0.717, 1.165) is 17.4 Å². The number of thioether (sulfide) groups is 1. The van der Waals surface area contributed by atoms with E-state index in [0.29, 0.717) is 6.54 Å². The van der Waals surface area contributed by atoms with E-state index < -0.39 is 0 Å². The molecule has 20 heavy (non-hydrogen) atoms. The molecule has 0 aliphatic rings. The summed E-state index contributed by atoms with van der Waals surface area (Å²) in [7, 11) is 3.79. The molecular formula is C13H25N5OS. The van der Waals surface area contributed by atoms with E-state index in [4.69, 9.17) is 0 Å². The Balaban J connectivity index is 2.76. The molecule has 1 heterocycles. The van der Waals surface area contributed by atoms with Gasteiger partial charge in [0.15, 0.2) is 5.16 Å². The highest BCUT2D eigenvalue weighted by molar-refractivity contribution is 8.00. The zero-order valence-electron chi connectivity index (χ0n) is 13.1. The normalized spacial score (nSPS) is 13.3. The molecule has 0 aliphatic carbocycles. The molecule has 0 spiro atoms. The van der Waals surface area contributed by atoms with Gasteiger partial charge in [0.05, 0.1) is 11.8 Å². The number of aromatic nitrogens is 3. The first kappa shape index (κ1) is 17.0. The predicted molar refractivity (Wildman–Crippen MR) is 81.6 cm³/mol. The van der Waals surface area contributed by atoms with Crippen molar-refractivity contribution in [3.63, 3.8) is 0 Å². The third-order valence-electron chi connectivity index (χ3n) is 2.67. The number of hydrogen-bond acceptors (Lipinski definition) is 5. The van der Waals surface area contributed by atoms with Crippen molar-refractivity contribution in [1.82, 2.24) is 25.4 Å². The van der Waals surface area contributed by atoms with Gasteiger partial charge < -0.3 is 15.2 Å². The summed E-state index contributed by atoms with van der Waals surface area (Å²) in [5.74, 6) is 0.907. The van der Waals surface area contributed by atoms with Crippen LogP contribution in [0.15, 0.2) is 5.16 Å². The summed E-state index contributed by atoms with van der Waals surface area (Å²) in [6.45, 7) is 8.61. The largest absolute Gasteiger partial charge is 0.351 e. The topological polar surface area (TPSA) is 71.8 Å². The van der Waals surface area contributed by atoms with Crippen molar-refractivity contribution in [3.8, 4) is 0 Å². The standard InChI is InChI=1S/C13H25N5OS/c1-7-9(11(19)15-13(2,3)4)20-12-17-16-10(8-14-5)18(12)6/h9,14H,7-8H2,1-6H3,(H,15,19)/t9-/m1/s1. The second kappa shape index (κ2) is 7.08. The van der Waals surface area contributed by atoms with E-state index in [1.54, 1.807) is 0 Å². The number of nitrogens with zero attached hydrogens (tertiary/aromatic N) is 3. The summed E-state index contributed by atoms with van der Waals surface area (Å²) in [4.78, 5) is 12.2. The quantitative estimate of drug-likeness (QED) is 0.775. The molecule has 0 radical (unpaired) electrons. The van der Waals surface area contributed by atoms with Crippen LogP contribution in [0.5, 0.6) is 0 Å². The van der Waals surface area contributed by atoms with Gasteiger partial charge in [0, 0.05) is 12.6 Å². The minimum Gasteiger partial charge on any atom is -0.351 e. The summed E-state index contributed by atoms with van der Waals surface area (Å²) in [5, 5.41) is 15.0. The smallest absolute Gasteiger partial charge is 0.233 e. The van der Waals surface area contributed by atoms with Crippen LogP contribution in [0, 0.1) is 0 Å². The third-order valence-corrected chi connectivity index (χ3v) is 4.07. The number of carbonyl (C=O) groups is 1. The number of rotatable bonds is 6. The van der Waals surface area contributed by atoms with E-state index >= 15 is 0 Å². The van der Waals surface area contributed by atoms with Gasteiger partial charge in [0.1, 0.15) is 5.82 Å². The lowest BCUT2D eigenvalue weighted by molar-refractivity contribution is -0.122. The maximum absolute atomic E-state index is 12.2. The van der Waals surface area contributed by atoms with E-state index in [-0.39, 0.29) is 16.7 Å². The van der Waals surface area contributed by atoms with Crippen molar-refractivity contribution >= 4 is 17.7 Å². The zero-order valence-corrected chi connectivity index (χ0v) is 14.0. The Morgan fingerprint density at radius 3 is 2.55 bits per heavy atom. The highest BCUT2D eigenvalue weighted by atomic mass is 32.2. The maximum Gasteiger partial charge on any atom is 0.233 e. The van der Waals surface area contributed by atoms with Crippen LogP contribution in [0.3, 0.4) is 0 Å². The molecule has 6 nitrogen and oxygen atoms in total. The van der Waals surface area contributed by atoms with Crippen molar-refractivity contribution in [2.24, 2.45) is 7.05 Å². The van der Waals surface area contributed by atoms with Gasteiger partial charge in [-0.05, 0) is 34.2 Å². The van der Waals surface area contributed by atoms with Crippen molar-refractivity contribution < 1.29 is 4.79 Å². The second-order valence-corrected chi connectivity index (χ2v) is 6.91. The molecule has 0 saturated heterocycles. The van der Waals surface area contributed by atoms with Crippen molar-refractivity contribution in [3.05, 3.63) is 5.82 Å². The lowest BCUT2D eigenvalue weighted by Gasteiger charge is -2.23. The second-order valence-electron chi connectivity index (χ2n) is 5.74. The summed E-state index contributed by atoms with van der Waals surface area (Å²) in [6.07, 6.45) is 0.751. The first-order chi connectivity index (χ1) is 9.28. The number of amides is 1. The van der Waals surface area contributed by atoms with E-state index in [9.17, 15) is 4.79 Å². The van der Waals surface area contributed by atoms with E-state index in [2.05, 4.69) is 20.8 Å². The Morgan fingerprint density at radius 2 is 2.05 bits per heavy atom. The molecule has 1 aromatic heterocycles. The van der Waals surface area contributed by atoms with Gasteiger partial charge >= 0.3 is 0 Å². The highest BCUT2D eigenvalue weighted by Gasteiger charge is 2.24. The van der Waals surface area contributed by atoms with Crippen molar-refractivity contribution in [2.75, 3.05) is 7.05 Å². The molecule has 1 aromatic rings. The first-order valence-corrected chi connectivity index (χ1v) is 7.68. The van der Waals surface area contributed by atoms with Gasteiger partial charge in [-0.25, -0.2) is 0 Å². The molecule has 0 aromatic carbocycles. The third kappa shape index (κ3) is 4.79. The Labute approximate surface area is 125 Å². The highest BCUT2D eigenvalue weighted by Crippen LogP contribution is 2.24. The van der Waals surface area contributed by atoms with Crippen LogP contribution in [0.4, 0.5) is 0 Å². The molecule has 2 N–H and O–H groups in total. The Morgan fingerprint density at radius 1 is 1.40 bits per heavy atom. The summed E-state index contributed by atoms with van der Waals surface area (Å²) in [6, 6.07) is 0. The van der Waals surface area contributed by atoms with Gasteiger partial charge in [0.25, 0.3) is 0 Å². The first-order valence-electron chi connectivity index (χ1n) is 6.80. The van der Waals surface area contributed by atoms with Gasteiger partial charge in [-0.1, -0.05) is 18.7 Å². The zero-order chi connectivity index (χ0) is 15.3. The van der Waals surface area contributed by atoms with Crippen LogP contribution in [-0.4, -0.2) is 38.5 Å². The number of hydrogen-bond donors (Lipinski definition) is 2. The lowest BCUT2D eigenvalue weighted by Crippen LogP contribution is -2.44. The summed E-state index contributed by atoms with van der Waals surface area (Å²) >= 11 is 1.46. The molecule has 0 aliphatic heterocycles. The molecule has 1 rings (SSSR count). The fraction of sp³-hybridized carbons (Fsp3) is 0.769. The van der Waals surface area contributed by atoms with Gasteiger partial charge in [-0.15, -0.1) is 10.2 Å². The SMILES string of the molecule is CC[C@@H](Sc1nnc(CNC)n1C)C(=O)NC(C)(C)C. The molecule has 0 bridgehead atoms. The van der Waals surface area contributed by atoms with Crippen LogP contribution in [-0.2, 0) is 18.4 Å². The van der Waals surface area contributed by atoms with E-state index in [1.165, 1.54) is 11.8 Å². The minimum atomic E-state index is -0.220. The maximum atomic E-state index is 12.2. The van der Waals surface area contributed by atoms with Gasteiger partial charge in [0.2, 0.25) is 5.91 Å². The number of nitrogens with one attached hydrogen (secondary N) is 2. The Hall–Kier alpha value is -1.08. The summed E-state index contributed by atoms with van der Waals surface area (Å²) < 4.78 is 1.92. The monoisotopic (exact) mass is 299 g/mol. The minimum absolute atomic E-state index is 0.0446.